The summed E-state index contributed by atoms with van der Waals surface area (Å²) in [5.74, 6) is -0.515. The van der Waals surface area contributed by atoms with Crippen molar-refractivity contribution in [2.75, 3.05) is 0 Å². The molecule has 0 aromatic carbocycles. The molecule has 2 aliphatic rings. The molecule has 3 rings (SSSR count). The summed E-state index contributed by atoms with van der Waals surface area (Å²) >= 11 is 0. The van der Waals surface area contributed by atoms with Gasteiger partial charge in [-0.25, -0.2) is 9.48 Å². The van der Waals surface area contributed by atoms with Gasteiger partial charge in [0.15, 0.2) is 0 Å². The topological polar surface area (TPSA) is 102 Å². The lowest BCUT2D eigenvalue weighted by Gasteiger charge is -2.31. The summed E-state index contributed by atoms with van der Waals surface area (Å²) in [4.78, 5) is 12.5. The van der Waals surface area contributed by atoms with E-state index >= 15 is 0 Å². The van der Waals surface area contributed by atoms with Gasteiger partial charge in [-0.2, -0.15) is 26.7 Å². The van der Waals surface area contributed by atoms with Crippen molar-refractivity contribution in [2.24, 2.45) is 7.05 Å². The Balaban J connectivity index is 2.02. The van der Waals surface area contributed by atoms with Crippen LogP contribution in [0.15, 0.2) is 0 Å². The molecule has 1 saturated heterocycles. The van der Waals surface area contributed by atoms with Gasteiger partial charge in [-0.1, -0.05) is 0 Å². The average Bonchev–Trinajstić information content (AvgIpc) is 2.89. The number of rotatable bonds is 2. The highest BCUT2D eigenvalue weighted by atomic mass is 32.2. The van der Waals surface area contributed by atoms with E-state index in [1.807, 2.05) is 0 Å². The lowest BCUT2D eigenvalue weighted by molar-refractivity contribution is -0.0502. The quantitative estimate of drug-likeness (QED) is 0.635. The van der Waals surface area contributed by atoms with E-state index in [1.165, 1.54) is 11.9 Å². The summed E-state index contributed by atoms with van der Waals surface area (Å²) in [6.07, 6.45) is -0.0666. The van der Waals surface area contributed by atoms with Gasteiger partial charge < -0.3 is 9.29 Å². The van der Waals surface area contributed by atoms with Crippen LogP contribution in [-0.2, 0) is 23.6 Å². The van der Waals surface area contributed by atoms with Gasteiger partial charge in [0, 0.05) is 25.1 Å². The van der Waals surface area contributed by atoms with Crippen LogP contribution in [0.2, 0.25) is 0 Å². The highest BCUT2D eigenvalue weighted by Gasteiger charge is 2.51. The van der Waals surface area contributed by atoms with Crippen molar-refractivity contribution in [3.63, 3.8) is 0 Å². The molecule has 1 amide bonds. The monoisotopic (exact) mass is 355 g/mol. The van der Waals surface area contributed by atoms with Crippen LogP contribution >= 0.6 is 0 Å². The second kappa shape index (κ2) is 4.76. The van der Waals surface area contributed by atoms with E-state index in [2.05, 4.69) is 9.28 Å². The van der Waals surface area contributed by atoms with Crippen molar-refractivity contribution < 1.29 is 35.7 Å². The number of halogens is 3. The molecule has 2 atom stereocenters. The smallest absolute Gasteiger partial charge is 0.465 e. The average molecular weight is 355 g/mol. The van der Waals surface area contributed by atoms with Gasteiger partial charge in [0.1, 0.15) is 0 Å². The Morgan fingerprint density at radius 3 is 2.61 bits per heavy atom. The number of hydrogen-bond acceptors (Lipinski definition) is 5. The molecule has 8 nitrogen and oxygen atoms in total. The number of aromatic nitrogens is 2. The molecule has 12 heteroatoms. The maximum atomic E-state index is 12.5. The zero-order chi connectivity index (χ0) is 17.2. The molecule has 0 spiro atoms. The first-order valence-electron chi connectivity index (χ1n) is 6.60. The van der Waals surface area contributed by atoms with E-state index < -0.39 is 39.7 Å². The summed E-state index contributed by atoms with van der Waals surface area (Å²) in [6, 6.07) is -1.02. The summed E-state index contributed by atoms with van der Waals surface area (Å²) < 4.78 is 65.0. The number of alkyl halides is 3. The fourth-order valence-electron chi connectivity index (χ4n) is 3.16. The molecule has 1 aromatic rings. The first kappa shape index (κ1) is 15.9. The van der Waals surface area contributed by atoms with E-state index in [4.69, 9.17) is 0 Å². The van der Waals surface area contributed by atoms with Crippen LogP contribution in [0.25, 0.3) is 0 Å². The number of carbonyl (C=O) groups is 1. The van der Waals surface area contributed by atoms with Crippen LogP contribution in [0.5, 0.6) is 5.88 Å². The maximum absolute atomic E-state index is 12.5. The SMILES string of the molecule is Cn1nc2c(c1OS(=O)(=O)C(F)(F)F)C[C@H]1CC[C@@H]2N1C(=O)O. The van der Waals surface area contributed by atoms with Crippen LogP contribution in [0.1, 0.15) is 30.1 Å². The number of fused-ring (bicyclic) bond motifs is 4. The van der Waals surface area contributed by atoms with Gasteiger partial charge >= 0.3 is 21.7 Å². The van der Waals surface area contributed by atoms with Crippen LogP contribution in [-0.4, -0.2) is 45.8 Å². The van der Waals surface area contributed by atoms with Crippen LogP contribution < -0.4 is 4.18 Å². The minimum absolute atomic E-state index is 0.0642. The molecule has 0 radical (unpaired) electrons. The third-order valence-corrected chi connectivity index (χ3v) is 5.01. The molecular weight excluding hydrogens is 343 g/mol. The Bertz CT molecular complexity index is 773. The summed E-state index contributed by atoms with van der Waals surface area (Å²) in [7, 11) is -4.56. The van der Waals surface area contributed by atoms with Crippen molar-refractivity contribution >= 4 is 16.2 Å². The molecule has 3 heterocycles. The van der Waals surface area contributed by atoms with Crippen molar-refractivity contribution in [1.82, 2.24) is 14.7 Å². The molecule has 23 heavy (non-hydrogen) atoms. The molecule has 0 aliphatic carbocycles. The normalized spacial score (nSPS) is 23.7. The molecule has 128 valence electrons. The van der Waals surface area contributed by atoms with Gasteiger partial charge in [0.2, 0.25) is 5.88 Å². The predicted molar refractivity (Wildman–Crippen MR) is 68.1 cm³/mol. The van der Waals surface area contributed by atoms with E-state index in [9.17, 15) is 31.5 Å². The zero-order valence-electron chi connectivity index (χ0n) is 11.7. The van der Waals surface area contributed by atoms with Gasteiger partial charge in [0.25, 0.3) is 0 Å². The lowest BCUT2D eigenvalue weighted by atomic mass is 10.0. The molecule has 2 aliphatic heterocycles. The van der Waals surface area contributed by atoms with E-state index in [0.29, 0.717) is 12.8 Å². The molecule has 0 saturated carbocycles. The standard InChI is InChI=1S/C11H12F3N3O5S/c1-16-9(22-23(20,21)11(12,13)14)6-4-5-2-3-7(8(6)15-16)17(5)10(18)19/h5,7H,2-4H2,1H3,(H,18,19)/t5-,7+/m1/s1. The van der Waals surface area contributed by atoms with E-state index in [0.717, 1.165) is 4.68 Å². The van der Waals surface area contributed by atoms with Gasteiger partial charge in [-0.3, -0.25) is 4.90 Å². The summed E-state index contributed by atoms with van der Waals surface area (Å²) in [5, 5.41) is 13.2. The molecular formula is C11H12F3N3O5S. The number of aryl methyl sites for hydroxylation is 1. The zero-order valence-corrected chi connectivity index (χ0v) is 12.6. The van der Waals surface area contributed by atoms with Crippen LogP contribution in [0.3, 0.4) is 0 Å². The Hall–Kier alpha value is -1.98. The van der Waals surface area contributed by atoms with E-state index in [-0.39, 0.29) is 17.7 Å². The van der Waals surface area contributed by atoms with Gasteiger partial charge in [-0.05, 0) is 12.8 Å². The number of hydrogen-bond donors (Lipinski definition) is 1. The molecule has 1 aromatic heterocycles. The Labute approximate surface area is 128 Å². The summed E-state index contributed by atoms with van der Waals surface area (Å²) in [6.45, 7) is 0. The number of amides is 1. The van der Waals surface area contributed by atoms with Crippen molar-refractivity contribution in [3.8, 4) is 5.88 Å². The van der Waals surface area contributed by atoms with Crippen molar-refractivity contribution in [2.45, 2.75) is 36.9 Å². The highest BCUT2D eigenvalue weighted by molar-refractivity contribution is 7.87. The Morgan fingerprint density at radius 2 is 2.04 bits per heavy atom. The predicted octanol–water partition coefficient (Wildman–Crippen LogP) is 1.39. The molecule has 2 bridgehead atoms. The highest BCUT2D eigenvalue weighted by Crippen LogP contribution is 2.46. The lowest BCUT2D eigenvalue weighted by Crippen LogP contribution is -2.41. The van der Waals surface area contributed by atoms with Crippen LogP contribution in [0.4, 0.5) is 18.0 Å². The van der Waals surface area contributed by atoms with Crippen molar-refractivity contribution in [3.05, 3.63) is 11.3 Å². The molecule has 0 unspecified atom stereocenters. The Morgan fingerprint density at radius 1 is 1.39 bits per heavy atom. The van der Waals surface area contributed by atoms with Gasteiger partial charge in [0.05, 0.1) is 11.7 Å². The largest absolute Gasteiger partial charge is 0.534 e. The molecule has 1 N–H and O–H groups in total. The Kier molecular flexibility index (Phi) is 3.29. The van der Waals surface area contributed by atoms with Crippen molar-refractivity contribution in [1.29, 1.82) is 0 Å². The maximum Gasteiger partial charge on any atom is 0.534 e. The number of nitrogens with zero attached hydrogens (tertiary/aromatic N) is 3. The van der Waals surface area contributed by atoms with Gasteiger partial charge in [-0.15, -0.1) is 0 Å². The third kappa shape index (κ3) is 2.31. The molecule has 1 fully saturated rings. The van der Waals surface area contributed by atoms with Crippen LogP contribution in [0, 0.1) is 0 Å². The summed E-state index contributed by atoms with van der Waals surface area (Å²) in [5.41, 5.74) is -5.09. The minimum atomic E-state index is -5.81. The fourth-order valence-corrected chi connectivity index (χ4v) is 3.67. The minimum Gasteiger partial charge on any atom is -0.465 e. The second-order valence-corrected chi connectivity index (χ2v) is 6.95. The number of carboxylic acid groups (broad SMARTS) is 1. The fraction of sp³-hybridized carbons (Fsp3) is 0.636. The van der Waals surface area contributed by atoms with E-state index in [1.54, 1.807) is 0 Å². The third-order valence-electron chi connectivity index (χ3n) is 4.07. The first-order valence-corrected chi connectivity index (χ1v) is 8.01. The second-order valence-electron chi connectivity index (χ2n) is 5.42. The first-order chi connectivity index (χ1) is 10.5.